The van der Waals surface area contributed by atoms with Gasteiger partial charge in [-0.1, -0.05) is 11.8 Å². The van der Waals surface area contributed by atoms with Crippen LogP contribution in [0.1, 0.15) is 34.1 Å². The molecule has 0 fully saturated rings. The van der Waals surface area contributed by atoms with Gasteiger partial charge in [0.15, 0.2) is 5.16 Å². The summed E-state index contributed by atoms with van der Waals surface area (Å²) in [7, 11) is 0. The van der Waals surface area contributed by atoms with Gasteiger partial charge in [-0.25, -0.2) is 9.78 Å². The number of nitrogens with zero attached hydrogens (tertiary/aromatic N) is 1. The highest BCUT2D eigenvalue weighted by Gasteiger charge is 2.28. The molecule has 2 aromatic heterocycles. The first-order valence-electron chi connectivity index (χ1n) is 7.88. The number of fused-ring (bicyclic) bond motifs is 1. The number of aromatic nitrogens is 2. The van der Waals surface area contributed by atoms with Gasteiger partial charge in [0, 0.05) is 17.1 Å². The van der Waals surface area contributed by atoms with Crippen molar-refractivity contribution in [2.24, 2.45) is 0 Å². The van der Waals surface area contributed by atoms with Crippen molar-refractivity contribution in [1.29, 1.82) is 0 Å². The van der Waals surface area contributed by atoms with Gasteiger partial charge in [0.05, 0.1) is 17.9 Å². The van der Waals surface area contributed by atoms with Crippen molar-refractivity contribution in [3.8, 4) is 0 Å². The van der Waals surface area contributed by atoms with Crippen molar-refractivity contribution >= 4 is 40.0 Å². The summed E-state index contributed by atoms with van der Waals surface area (Å²) in [6.07, 6.45) is 4.17. The molecule has 1 amide bonds. The van der Waals surface area contributed by atoms with E-state index in [0.717, 1.165) is 41.5 Å². The van der Waals surface area contributed by atoms with Crippen molar-refractivity contribution in [2.45, 2.75) is 31.3 Å². The highest BCUT2D eigenvalue weighted by Crippen LogP contribution is 2.39. The number of carbonyl (C=O) groups excluding carboxylic acids is 2. The van der Waals surface area contributed by atoms with Crippen molar-refractivity contribution in [3.63, 3.8) is 0 Å². The Balaban J connectivity index is 1.70. The van der Waals surface area contributed by atoms with E-state index in [1.54, 1.807) is 6.92 Å². The Bertz CT molecular complexity index is 859. The number of aromatic amines is 1. The number of H-pyrrole nitrogens is 1. The molecular weight excluding hydrogens is 362 g/mol. The fourth-order valence-electron chi connectivity index (χ4n) is 2.63. The molecule has 0 saturated heterocycles. The second-order valence-corrected chi connectivity index (χ2v) is 7.43. The zero-order valence-corrected chi connectivity index (χ0v) is 15.2. The van der Waals surface area contributed by atoms with Gasteiger partial charge in [-0.05, 0) is 31.7 Å². The number of thioether (sulfide) groups is 1. The van der Waals surface area contributed by atoms with E-state index < -0.39 is 0 Å². The Morgan fingerprint density at radius 3 is 3.04 bits per heavy atom. The van der Waals surface area contributed by atoms with Crippen molar-refractivity contribution in [1.82, 2.24) is 9.97 Å². The molecule has 25 heavy (non-hydrogen) atoms. The highest BCUT2D eigenvalue weighted by atomic mass is 32.2. The quantitative estimate of drug-likeness (QED) is 0.453. The summed E-state index contributed by atoms with van der Waals surface area (Å²) in [5, 5.41) is 3.72. The number of nitrogens with one attached hydrogen (secondary N) is 2. The third kappa shape index (κ3) is 4.10. The standard InChI is InChI=1S/C16H17N3O4S2/c1-2-23-15(22)13-9-4-3-5-10(9)25-14(13)18-12(21)8-24-16-17-7-6-11(20)19-16/h6-7H,2-5,8H2,1H3,(H,18,21)(H,17,19,20). The minimum absolute atomic E-state index is 0.0811. The molecular formula is C16H17N3O4S2. The monoisotopic (exact) mass is 379 g/mol. The average molecular weight is 379 g/mol. The van der Waals surface area contributed by atoms with Crippen LogP contribution < -0.4 is 10.9 Å². The highest BCUT2D eigenvalue weighted by molar-refractivity contribution is 7.99. The minimum atomic E-state index is -0.390. The first-order valence-corrected chi connectivity index (χ1v) is 9.68. The fourth-order valence-corrected chi connectivity index (χ4v) is 4.58. The first-order chi connectivity index (χ1) is 12.1. The van der Waals surface area contributed by atoms with Crippen LogP contribution in [0.15, 0.2) is 22.2 Å². The second kappa shape index (κ2) is 7.83. The van der Waals surface area contributed by atoms with E-state index in [2.05, 4.69) is 15.3 Å². The number of rotatable bonds is 6. The Labute approximate surface area is 152 Å². The van der Waals surface area contributed by atoms with Gasteiger partial charge in [-0.2, -0.15) is 0 Å². The largest absolute Gasteiger partial charge is 0.462 e. The number of aryl methyl sites for hydroxylation is 1. The Morgan fingerprint density at radius 2 is 2.28 bits per heavy atom. The zero-order chi connectivity index (χ0) is 17.8. The van der Waals surface area contributed by atoms with Gasteiger partial charge in [0.2, 0.25) is 5.91 Å². The molecule has 2 heterocycles. The molecule has 9 heteroatoms. The number of amides is 1. The Hall–Kier alpha value is -2.13. The molecule has 0 bridgehead atoms. The number of thiophene rings is 1. The van der Waals surface area contributed by atoms with E-state index in [9.17, 15) is 14.4 Å². The fraction of sp³-hybridized carbons (Fsp3) is 0.375. The average Bonchev–Trinajstić information content (AvgIpc) is 3.13. The van der Waals surface area contributed by atoms with Crippen molar-refractivity contribution in [2.75, 3.05) is 17.7 Å². The van der Waals surface area contributed by atoms with Gasteiger partial charge in [-0.15, -0.1) is 11.3 Å². The lowest BCUT2D eigenvalue weighted by molar-refractivity contribution is -0.113. The molecule has 0 unspecified atom stereocenters. The zero-order valence-electron chi connectivity index (χ0n) is 13.6. The number of hydrogen-bond acceptors (Lipinski definition) is 7. The van der Waals surface area contributed by atoms with Crippen LogP contribution in [-0.4, -0.2) is 34.2 Å². The van der Waals surface area contributed by atoms with Gasteiger partial charge in [-0.3, -0.25) is 9.59 Å². The van der Waals surface area contributed by atoms with Crippen LogP contribution in [0.2, 0.25) is 0 Å². The van der Waals surface area contributed by atoms with Gasteiger partial charge < -0.3 is 15.0 Å². The molecule has 0 aromatic carbocycles. The molecule has 3 rings (SSSR count). The molecule has 132 valence electrons. The smallest absolute Gasteiger partial charge is 0.341 e. The SMILES string of the molecule is CCOC(=O)c1c(NC(=O)CSc2nccc(=O)[nH]2)sc2c1CCC2. The molecule has 1 aliphatic rings. The Morgan fingerprint density at radius 1 is 1.44 bits per heavy atom. The van der Waals surface area contributed by atoms with Crippen molar-refractivity contribution in [3.05, 3.63) is 38.6 Å². The summed E-state index contributed by atoms with van der Waals surface area (Å²) in [5.74, 6) is -0.571. The summed E-state index contributed by atoms with van der Waals surface area (Å²) in [5.41, 5.74) is 1.22. The van der Waals surface area contributed by atoms with Crippen LogP contribution >= 0.6 is 23.1 Å². The molecule has 0 spiro atoms. The van der Waals surface area contributed by atoms with E-state index in [0.29, 0.717) is 22.3 Å². The van der Waals surface area contributed by atoms with Crippen LogP contribution in [0.25, 0.3) is 0 Å². The molecule has 0 atom stereocenters. The first kappa shape index (κ1) is 17.7. The summed E-state index contributed by atoms with van der Waals surface area (Å²) < 4.78 is 5.14. The molecule has 1 aliphatic carbocycles. The number of anilines is 1. The van der Waals surface area contributed by atoms with Gasteiger partial charge >= 0.3 is 5.97 Å². The maximum atomic E-state index is 12.3. The number of ether oxygens (including phenoxy) is 1. The lowest BCUT2D eigenvalue weighted by Gasteiger charge is -2.07. The minimum Gasteiger partial charge on any atom is -0.462 e. The van der Waals surface area contributed by atoms with E-state index >= 15 is 0 Å². The topological polar surface area (TPSA) is 101 Å². The Kier molecular flexibility index (Phi) is 5.54. The molecule has 2 aromatic rings. The third-order valence-electron chi connectivity index (χ3n) is 3.64. The molecule has 7 nitrogen and oxygen atoms in total. The van der Waals surface area contributed by atoms with E-state index in [-0.39, 0.29) is 23.2 Å². The van der Waals surface area contributed by atoms with Crippen molar-refractivity contribution < 1.29 is 14.3 Å². The van der Waals surface area contributed by atoms with E-state index in [4.69, 9.17) is 4.74 Å². The number of esters is 1. The number of carbonyl (C=O) groups is 2. The van der Waals surface area contributed by atoms with Gasteiger partial charge in [0.1, 0.15) is 5.00 Å². The number of hydrogen-bond donors (Lipinski definition) is 2. The predicted octanol–water partition coefficient (Wildman–Crippen LogP) is 2.23. The molecule has 2 N–H and O–H groups in total. The summed E-state index contributed by atoms with van der Waals surface area (Å²) in [4.78, 5) is 43.4. The van der Waals surface area contributed by atoms with Crippen LogP contribution in [0.5, 0.6) is 0 Å². The molecule has 0 aliphatic heterocycles. The summed E-state index contributed by atoms with van der Waals surface area (Å²) in [6.45, 7) is 2.05. The lowest BCUT2D eigenvalue weighted by atomic mass is 10.1. The van der Waals surface area contributed by atoms with Crippen LogP contribution in [0.3, 0.4) is 0 Å². The van der Waals surface area contributed by atoms with Gasteiger partial charge in [0.25, 0.3) is 5.56 Å². The summed E-state index contributed by atoms with van der Waals surface area (Å²) >= 11 is 2.57. The summed E-state index contributed by atoms with van der Waals surface area (Å²) in [6, 6.07) is 1.31. The normalized spacial score (nSPS) is 12.7. The lowest BCUT2D eigenvalue weighted by Crippen LogP contribution is -2.17. The van der Waals surface area contributed by atoms with E-state index in [1.165, 1.54) is 23.6 Å². The van der Waals surface area contributed by atoms with Crippen LogP contribution in [0.4, 0.5) is 5.00 Å². The molecule has 0 radical (unpaired) electrons. The van der Waals surface area contributed by atoms with E-state index in [1.807, 2.05) is 0 Å². The maximum absolute atomic E-state index is 12.3. The second-order valence-electron chi connectivity index (χ2n) is 5.36. The third-order valence-corrected chi connectivity index (χ3v) is 5.74. The van der Waals surface area contributed by atoms with Crippen LogP contribution in [-0.2, 0) is 22.4 Å². The molecule has 0 saturated carbocycles. The maximum Gasteiger partial charge on any atom is 0.341 e. The predicted molar refractivity (Wildman–Crippen MR) is 96.5 cm³/mol. The van der Waals surface area contributed by atoms with Crippen LogP contribution in [0, 0.1) is 0 Å².